The van der Waals surface area contributed by atoms with Crippen molar-refractivity contribution in [1.82, 2.24) is 0 Å². The molecule has 0 spiro atoms. The molecule has 0 aromatic heterocycles. The summed E-state index contributed by atoms with van der Waals surface area (Å²) in [4.78, 5) is 0. The van der Waals surface area contributed by atoms with E-state index in [0.717, 1.165) is 6.42 Å². The maximum Gasteiger partial charge on any atom is 0.217 e. The van der Waals surface area contributed by atoms with Gasteiger partial charge in [0.15, 0.2) is 0 Å². The Morgan fingerprint density at radius 1 is 0.767 bits per heavy atom. The molecular weight excluding hydrogens is 398 g/mol. The number of quaternary nitrogens is 1. The molecule has 0 saturated carbocycles. The molecule has 30 heavy (non-hydrogen) atoms. The number of allylic oxidation sites excluding steroid dienone is 4. The minimum atomic E-state index is -4.42. The summed E-state index contributed by atoms with van der Waals surface area (Å²) in [6.07, 6.45) is 25.5. The Bertz CT molecular complexity index is 513. The standard InChI is InChI=1S/C22H44N.C2H6O4S/c1-5-7-8-9-10-11-12-13-14-15-16-17-18-19-20-21-22-23(3,4)6-2;1-2-6-7(3,4)5/h10-11,13-14H,5-9,12,15-22H2,1-4H3;2H2,1H3,(H,3,4,5)/q+1;/p-1/b11-10-,14-13-;. The highest BCUT2D eigenvalue weighted by Crippen LogP contribution is 2.09. The Labute approximate surface area is 188 Å². The first kappa shape index (κ1) is 31.5. The average molecular weight is 448 g/mol. The van der Waals surface area contributed by atoms with Gasteiger partial charge in [0.05, 0.1) is 33.8 Å². The quantitative estimate of drug-likeness (QED) is 0.0804. The molecule has 180 valence electrons. The molecule has 0 aromatic rings. The molecule has 0 aromatic carbocycles. The molecule has 0 amide bonds. The molecule has 0 atom stereocenters. The van der Waals surface area contributed by atoms with Crippen molar-refractivity contribution in [2.24, 2.45) is 0 Å². The van der Waals surface area contributed by atoms with Crippen molar-refractivity contribution >= 4 is 10.4 Å². The lowest BCUT2D eigenvalue weighted by Crippen LogP contribution is -2.39. The van der Waals surface area contributed by atoms with Gasteiger partial charge in [0.25, 0.3) is 0 Å². The van der Waals surface area contributed by atoms with Crippen LogP contribution in [0.2, 0.25) is 0 Å². The van der Waals surface area contributed by atoms with E-state index in [9.17, 15) is 13.0 Å². The number of hydrogen-bond donors (Lipinski definition) is 0. The minimum absolute atomic E-state index is 0.0914. The smallest absolute Gasteiger partial charge is 0.217 e. The van der Waals surface area contributed by atoms with Crippen molar-refractivity contribution in [2.45, 2.75) is 97.8 Å². The topological polar surface area (TPSA) is 66.4 Å². The molecule has 0 aliphatic heterocycles. The second-order valence-corrected chi connectivity index (χ2v) is 9.43. The van der Waals surface area contributed by atoms with Crippen LogP contribution in [0.25, 0.3) is 0 Å². The molecule has 0 heterocycles. The van der Waals surface area contributed by atoms with E-state index in [-0.39, 0.29) is 6.61 Å². The largest absolute Gasteiger partial charge is 0.726 e. The number of hydrogen-bond acceptors (Lipinski definition) is 4. The molecule has 0 N–H and O–H groups in total. The fourth-order valence-electron chi connectivity index (χ4n) is 2.83. The third kappa shape index (κ3) is 29.5. The molecule has 0 bridgehead atoms. The lowest BCUT2D eigenvalue weighted by Gasteiger charge is -2.28. The predicted octanol–water partition coefficient (Wildman–Crippen LogP) is 6.38. The van der Waals surface area contributed by atoms with Crippen LogP contribution in [0.5, 0.6) is 0 Å². The second kappa shape index (κ2) is 21.5. The van der Waals surface area contributed by atoms with Crippen molar-refractivity contribution in [3.05, 3.63) is 24.3 Å². The first-order valence-corrected chi connectivity index (χ1v) is 13.2. The fraction of sp³-hybridized carbons (Fsp3) is 0.833. The van der Waals surface area contributed by atoms with Gasteiger partial charge in [-0.3, -0.25) is 4.18 Å². The van der Waals surface area contributed by atoms with Gasteiger partial charge in [-0.2, -0.15) is 0 Å². The summed E-state index contributed by atoms with van der Waals surface area (Å²) in [5.74, 6) is 0. The van der Waals surface area contributed by atoms with E-state index in [1.807, 2.05) is 0 Å². The van der Waals surface area contributed by atoms with Gasteiger partial charge in [0, 0.05) is 0 Å². The minimum Gasteiger partial charge on any atom is -0.726 e. The van der Waals surface area contributed by atoms with E-state index in [1.165, 1.54) is 95.1 Å². The van der Waals surface area contributed by atoms with E-state index < -0.39 is 10.4 Å². The summed E-state index contributed by atoms with van der Waals surface area (Å²) < 4.78 is 33.2. The molecule has 0 fully saturated rings. The van der Waals surface area contributed by atoms with Crippen LogP contribution >= 0.6 is 0 Å². The first-order chi connectivity index (χ1) is 14.2. The van der Waals surface area contributed by atoms with Crippen molar-refractivity contribution in [2.75, 3.05) is 33.8 Å². The van der Waals surface area contributed by atoms with Crippen LogP contribution in [0.1, 0.15) is 97.8 Å². The highest BCUT2D eigenvalue weighted by atomic mass is 32.3. The average Bonchev–Trinajstić information content (AvgIpc) is 2.67. The summed E-state index contributed by atoms with van der Waals surface area (Å²) in [5.41, 5.74) is 0. The molecule has 6 heteroatoms. The van der Waals surface area contributed by atoms with Crippen LogP contribution in [0.4, 0.5) is 0 Å². The van der Waals surface area contributed by atoms with Gasteiger partial charge in [-0.15, -0.1) is 0 Å². The molecule has 0 rings (SSSR count). The van der Waals surface area contributed by atoms with Crippen molar-refractivity contribution in [3.8, 4) is 0 Å². The number of nitrogens with zero attached hydrogens (tertiary/aromatic N) is 1. The van der Waals surface area contributed by atoms with Crippen molar-refractivity contribution in [3.63, 3.8) is 0 Å². The summed E-state index contributed by atoms with van der Waals surface area (Å²) in [6.45, 7) is 8.47. The van der Waals surface area contributed by atoms with Gasteiger partial charge in [-0.05, 0) is 58.8 Å². The van der Waals surface area contributed by atoms with Gasteiger partial charge in [-0.1, -0.05) is 63.3 Å². The van der Waals surface area contributed by atoms with Gasteiger partial charge >= 0.3 is 0 Å². The predicted molar refractivity (Wildman–Crippen MR) is 128 cm³/mol. The molecule has 0 unspecified atom stereocenters. The summed E-state index contributed by atoms with van der Waals surface area (Å²) in [5, 5.41) is 0. The highest BCUT2D eigenvalue weighted by molar-refractivity contribution is 7.80. The fourth-order valence-corrected chi connectivity index (χ4v) is 3.12. The zero-order valence-corrected chi connectivity index (χ0v) is 21.2. The van der Waals surface area contributed by atoms with Gasteiger partial charge in [-0.25, -0.2) is 8.42 Å². The van der Waals surface area contributed by atoms with Crippen molar-refractivity contribution in [1.29, 1.82) is 0 Å². The second-order valence-electron chi connectivity index (χ2n) is 8.37. The van der Waals surface area contributed by atoms with Crippen LogP contribution in [0.15, 0.2) is 24.3 Å². The van der Waals surface area contributed by atoms with Crippen LogP contribution in [0.3, 0.4) is 0 Å². The molecular formula is C24H49NO4S. The van der Waals surface area contributed by atoms with E-state index in [2.05, 4.69) is 56.4 Å². The summed E-state index contributed by atoms with van der Waals surface area (Å²) in [7, 11) is 0.256. The normalized spacial score (nSPS) is 12.5. The number of rotatable bonds is 18. The molecule has 5 nitrogen and oxygen atoms in total. The van der Waals surface area contributed by atoms with E-state index in [1.54, 1.807) is 0 Å². The number of unbranched alkanes of at least 4 members (excludes halogenated alkanes) is 9. The zero-order valence-electron chi connectivity index (χ0n) is 20.4. The molecule has 0 aliphatic carbocycles. The molecule has 0 saturated heterocycles. The lowest BCUT2D eigenvalue weighted by molar-refractivity contribution is -0.888. The van der Waals surface area contributed by atoms with Crippen LogP contribution in [-0.2, 0) is 14.6 Å². The van der Waals surface area contributed by atoms with E-state index >= 15 is 0 Å². The molecule has 0 aliphatic rings. The summed E-state index contributed by atoms with van der Waals surface area (Å²) in [6, 6.07) is 0. The maximum atomic E-state index is 9.45. The molecule has 0 radical (unpaired) electrons. The Morgan fingerprint density at radius 2 is 1.27 bits per heavy atom. The monoisotopic (exact) mass is 447 g/mol. The highest BCUT2D eigenvalue weighted by Gasteiger charge is 2.09. The van der Waals surface area contributed by atoms with E-state index in [4.69, 9.17) is 0 Å². The Balaban J connectivity index is 0. The van der Waals surface area contributed by atoms with Gasteiger partial charge in [0.1, 0.15) is 0 Å². The van der Waals surface area contributed by atoms with Crippen LogP contribution in [0, 0.1) is 0 Å². The Hall–Kier alpha value is -0.690. The van der Waals surface area contributed by atoms with Crippen LogP contribution in [-0.4, -0.2) is 51.2 Å². The van der Waals surface area contributed by atoms with E-state index in [0.29, 0.717) is 0 Å². The SMILES string of the molecule is CCCCC/C=C\C/C=C\CCCCCCCC[N+](C)(C)CC.CCOS(=O)(=O)[O-]. The van der Waals surface area contributed by atoms with Gasteiger partial charge < -0.3 is 9.04 Å². The zero-order chi connectivity index (χ0) is 23.1. The van der Waals surface area contributed by atoms with Gasteiger partial charge in [0.2, 0.25) is 10.4 Å². The Morgan fingerprint density at radius 3 is 1.70 bits per heavy atom. The summed E-state index contributed by atoms with van der Waals surface area (Å²) >= 11 is 0. The third-order valence-corrected chi connectivity index (χ3v) is 5.61. The third-order valence-electron chi connectivity index (χ3n) is 5.08. The maximum absolute atomic E-state index is 9.45. The first-order valence-electron chi connectivity index (χ1n) is 11.9. The lowest BCUT2D eigenvalue weighted by atomic mass is 10.1. The van der Waals surface area contributed by atoms with Crippen LogP contribution < -0.4 is 0 Å². The van der Waals surface area contributed by atoms with Crippen molar-refractivity contribution < 1.29 is 21.6 Å². The Kier molecular flexibility index (Phi) is 22.6.